The van der Waals surface area contributed by atoms with Crippen molar-refractivity contribution in [3.63, 3.8) is 0 Å². The number of benzene rings is 2. The van der Waals surface area contributed by atoms with Gasteiger partial charge in [-0.25, -0.2) is 9.18 Å². The molecule has 2 atom stereocenters. The predicted molar refractivity (Wildman–Crippen MR) is 102 cm³/mol. The average molecular weight is 386 g/mol. The van der Waals surface area contributed by atoms with Crippen molar-refractivity contribution in [1.29, 1.82) is 0 Å². The van der Waals surface area contributed by atoms with E-state index in [0.717, 1.165) is 5.56 Å². The fourth-order valence-corrected chi connectivity index (χ4v) is 2.80. The van der Waals surface area contributed by atoms with Gasteiger partial charge in [0.05, 0.1) is 0 Å². The second kappa shape index (κ2) is 10.2. The van der Waals surface area contributed by atoms with E-state index in [1.54, 1.807) is 0 Å². The first-order valence-corrected chi connectivity index (χ1v) is 8.94. The summed E-state index contributed by atoms with van der Waals surface area (Å²) in [5.41, 5.74) is 1.61. The molecule has 0 unspecified atom stereocenters. The van der Waals surface area contributed by atoms with Gasteiger partial charge in [-0.2, -0.15) is 0 Å². The Morgan fingerprint density at radius 2 is 1.57 bits per heavy atom. The molecule has 0 aromatic heterocycles. The third-order valence-corrected chi connectivity index (χ3v) is 4.23. The summed E-state index contributed by atoms with van der Waals surface area (Å²) >= 11 is 0. The van der Waals surface area contributed by atoms with E-state index in [1.807, 2.05) is 30.3 Å². The van der Waals surface area contributed by atoms with Crippen molar-refractivity contribution in [2.75, 3.05) is 0 Å². The van der Waals surface area contributed by atoms with E-state index in [0.29, 0.717) is 12.0 Å². The Labute approximate surface area is 162 Å². The highest BCUT2D eigenvalue weighted by atomic mass is 19.1. The van der Waals surface area contributed by atoms with Crippen LogP contribution in [0.15, 0.2) is 54.6 Å². The van der Waals surface area contributed by atoms with Crippen LogP contribution < -0.4 is 10.6 Å². The molecule has 6 nitrogen and oxygen atoms in total. The molecule has 28 heavy (non-hydrogen) atoms. The molecule has 148 valence electrons. The molecule has 0 saturated heterocycles. The van der Waals surface area contributed by atoms with E-state index < -0.39 is 35.7 Å². The van der Waals surface area contributed by atoms with Gasteiger partial charge in [0.2, 0.25) is 11.8 Å². The summed E-state index contributed by atoms with van der Waals surface area (Å²) in [5.74, 6) is -2.57. The Hall–Kier alpha value is -3.22. The van der Waals surface area contributed by atoms with Gasteiger partial charge in [-0.3, -0.25) is 9.59 Å². The van der Waals surface area contributed by atoms with Gasteiger partial charge < -0.3 is 15.7 Å². The normalized spacial score (nSPS) is 12.6. The Morgan fingerprint density at radius 3 is 2.14 bits per heavy atom. The van der Waals surface area contributed by atoms with Crippen molar-refractivity contribution in [3.05, 3.63) is 71.5 Å². The molecule has 0 bridgehead atoms. The number of carboxylic acids is 1. The van der Waals surface area contributed by atoms with Crippen LogP contribution >= 0.6 is 0 Å². The summed E-state index contributed by atoms with van der Waals surface area (Å²) in [6.45, 7) is 1.27. The van der Waals surface area contributed by atoms with Crippen molar-refractivity contribution in [1.82, 2.24) is 10.6 Å². The van der Waals surface area contributed by atoms with Crippen LogP contribution in [0.3, 0.4) is 0 Å². The van der Waals surface area contributed by atoms with Crippen molar-refractivity contribution >= 4 is 17.8 Å². The van der Waals surface area contributed by atoms with Crippen LogP contribution in [0.4, 0.5) is 4.39 Å². The first-order chi connectivity index (χ1) is 13.3. The zero-order chi connectivity index (χ0) is 20.5. The van der Waals surface area contributed by atoms with Crippen LogP contribution in [-0.4, -0.2) is 35.0 Å². The van der Waals surface area contributed by atoms with Gasteiger partial charge in [0, 0.05) is 13.3 Å². The summed E-state index contributed by atoms with van der Waals surface area (Å²) in [6.07, 6.45) is 0.825. The molecule has 2 rings (SSSR count). The molecule has 2 aromatic rings. The Balaban J connectivity index is 2.04. The number of amides is 2. The van der Waals surface area contributed by atoms with Gasteiger partial charge in [-0.15, -0.1) is 0 Å². The maximum absolute atomic E-state index is 13.1. The van der Waals surface area contributed by atoms with Crippen molar-refractivity contribution in [2.24, 2.45) is 0 Å². The number of hydrogen-bond donors (Lipinski definition) is 3. The second-order valence-corrected chi connectivity index (χ2v) is 6.51. The van der Waals surface area contributed by atoms with E-state index in [2.05, 4.69) is 10.6 Å². The number of carboxylic acid groups (broad SMARTS) is 1. The lowest BCUT2D eigenvalue weighted by molar-refractivity contribution is -0.142. The Kier molecular flexibility index (Phi) is 7.68. The zero-order valence-electron chi connectivity index (χ0n) is 15.5. The van der Waals surface area contributed by atoms with E-state index in [-0.39, 0.29) is 12.8 Å². The number of halogens is 1. The largest absolute Gasteiger partial charge is 0.480 e. The number of rotatable bonds is 9. The van der Waals surface area contributed by atoms with Gasteiger partial charge >= 0.3 is 5.97 Å². The molecule has 0 spiro atoms. The van der Waals surface area contributed by atoms with E-state index in [1.165, 1.54) is 31.2 Å². The van der Waals surface area contributed by atoms with Crippen molar-refractivity contribution in [2.45, 2.75) is 38.3 Å². The van der Waals surface area contributed by atoms with Crippen LogP contribution in [-0.2, 0) is 27.2 Å². The van der Waals surface area contributed by atoms with Crippen molar-refractivity contribution in [3.8, 4) is 0 Å². The van der Waals surface area contributed by atoms with Gasteiger partial charge in [0.15, 0.2) is 0 Å². The van der Waals surface area contributed by atoms with Crippen molar-refractivity contribution < 1.29 is 23.9 Å². The molecule has 0 radical (unpaired) electrons. The van der Waals surface area contributed by atoms with Crippen LogP contribution in [0.25, 0.3) is 0 Å². The summed E-state index contributed by atoms with van der Waals surface area (Å²) in [7, 11) is 0. The molecule has 0 aliphatic heterocycles. The maximum Gasteiger partial charge on any atom is 0.326 e. The molecule has 0 fully saturated rings. The topological polar surface area (TPSA) is 95.5 Å². The minimum atomic E-state index is -1.15. The number of carbonyl (C=O) groups is 3. The summed E-state index contributed by atoms with van der Waals surface area (Å²) in [4.78, 5) is 35.6. The lowest BCUT2D eigenvalue weighted by atomic mass is 10.0. The number of hydrogen-bond acceptors (Lipinski definition) is 3. The SMILES string of the molecule is CC(=O)N[C@@H](Cc1ccc(F)cc1)C(=O)N[C@H](CCc1ccccc1)C(=O)O. The maximum atomic E-state index is 13.1. The third kappa shape index (κ3) is 6.83. The average Bonchev–Trinajstić information content (AvgIpc) is 2.66. The molecule has 2 aromatic carbocycles. The molecular formula is C21H23FN2O4. The lowest BCUT2D eigenvalue weighted by Crippen LogP contribution is -2.52. The predicted octanol–water partition coefficient (Wildman–Crippen LogP) is 2.08. The summed E-state index contributed by atoms with van der Waals surface area (Å²) < 4.78 is 13.1. The van der Waals surface area contributed by atoms with Crippen LogP contribution in [0.1, 0.15) is 24.5 Å². The zero-order valence-corrected chi connectivity index (χ0v) is 15.5. The highest BCUT2D eigenvalue weighted by Gasteiger charge is 2.26. The first kappa shape index (κ1) is 21.1. The quantitative estimate of drug-likeness (QED) is 0.615. The van der Waals surface area contributed by atoms with Gasteiger partial charge in [-0.1, -0.05) is 42.5 Å². The lowest BCUT2D eigenvalue weighted by Gasteiger charge is -2.21. The van der Waals surface area contributed by atoms with E-state index in [9.17, 15) is 23.9 Å². The summed E-state index contributed by atoms with van der Waals surface area (Å²) in [6, 6.07) is 12.9. The third-order valence-electron chi connectivity index (χ3n) is 4.23. The molecule has 3 N–H and O–H groups in total. The fraction of sp³-hybridized carbons (Fsp3) is 0.286. The molecule has 2 amide bonds. The van der Waals surface area contributed by atoms with E-state index in [4.69, 9.17) is 0 Å². The van der Waals surface area contributed by atoms with Gasteiger partial charge in [0.1, 0.15) is 17.9 Å². The van der Waals surface area contributed by atoms with Gasteiger partial charge in [-0.05, 0) is 36.1 Å². The molecule has 0 saturated carbocycles. The number of aliphatic carboxylic acids is 1. The molecule has 0 aliphatic carbocycles. The summed E-state index contributed by atoms with van der Waals surface area (Å²) in [5, 5.41) is 14.5. The van der Waals surface area contributed by atoms with Crippen LogP contribution in [0.2, 0.25) is 0 Å². The number of carbonyl (C=O) groups excluding carboxylic acids is 2. The van der Waals surface area contributed by atoms with E-state index >= 15 is 0 Å². The fourth-order valence-electron chi connectivity index (χ4n) is 2.80. The number of nitrogens with one attached hydrogen (secondary N) is 2. The molecule has 0 aliphatic rings. The minimum Gasteiger partial charge on any atom is -0.480 e. The van der Waals surface area contributed by atoms with Crippen LogP contribution in [0, 0.1) is 5.82 Å². The van der Waals surface area contributed by atoms with Crippen LogP contribution in [0.5, 0.6) is 0 Å². The number of aryl methyl sites for hydroxylation is 1. The minimum absolute atomic E-state index is 0.122. The van der Waals surface area contributed by atoms with Gasteiger partial charge in [0.25, 0.3) is 0 Å². The monoisotopic (exact) mass is 386 g/mol. The Bertz CT molecular complexity index is 809. The molecular weight excluding hydrogens is 363 g/mol. The Morgan fingerprint density at radius 1 is 0.929 bits per heavy atom. The second-order valence-electron chi connectivity index (χ2n) is 6.51. The molecule has 7 heteroatoms. The molecule has 0 heterocycles. The first-order valence-electron chi connectivity index (χ1n) is 8.94. The standard InChI is InChI=1S/C21H23FN2O4/c1-14(25)23-19(13-16-7-10-17(22)11-8-16)20(26)24-18(21(27)28)12-9-15-5-3-2-4-6-15/h2-8,10-11,18-19H,9,12-13H2,1H3,(H,23,25)(H,24,26)(H,27,28)/t18-,19+/m1/s1. The highest BCUT2D eigenvalue weighted by molar-refractivity contribution is 5.90. The highest BCUT2D eigenvalue weighted by Crippen LogP contribution is 2.09. The smallest absolute Gasteiger partial charge is 0.326 e.